The summed E-state index contributed by atoms with van der Waals surface area (Å²) in [6.07, 6.45) is -2.37. The number of alkyl halides is 3. The third-order valence-electron chi connectivity index (χ3n) is 3.97. The number of likely N-dealkylation sites (tertiary alicyclic amines) is 1. The fourth-order valence-corrected chi connectivity index (χ4v) is 2.86. The molecule has 3 rings (SSSR count). The maximum absolute atomic E-state index is 12.7. The van der Waals surface area contributed by atoms with Gasteiger partial charge in [0.1, 0.15) is 11.7 Å². The van der Waals surface area contributed by atoms with Crippen LogP contribution in [0.1, 0.15) is 28.9 Å². The average Bonchev–Trinajstić information content (AvgIpc) is 3.08. The van der Waals surface area contributed by atoms with Crippen LogP contribution < -0.4 is 5.73 Å². The van der Waals surface area contributed by atoms with Gasteiger partial charge in [0.15, 0.2) is 0 Å². The Morgan fingerprint density at radius 1 is 1.33 bits per heavy atom. The van der Waals surface area contributed by atoms with E-state index in [1.54, 1.807) is 0 Å². The summed E-state index contributed by atoms with van der Waals surface area (Å²) in [7, 11) is 0. The molecule has 2 fully saturated rings. The van der Waals surface area contributed by atoms with E-state index in [4.69, 9.17) is 5.73 Å². The highest BCUT2D eigenvalue weighted by molar-refractivity contribution is 5.97. The molecule has 1 saturated carbocycles. The summed E-state index contributed by atoms with van der Waals surface area (Å²) in [5.74, 6) is -1.09. The van der Waals surface area contributed by atoms with Crippen molar-refractivity contribution >= 4 is 11.8 Å². The van der Waals surface area contributed by atoms with Gasteiger partial charge in [-0.05, 0) is 30.9 Å². The zero-order chi connectivity index (χ0) is 15.4. The van der Waals surface area contributed by atoms with Gasteiger partial charge in [0, 0.05) is 12.2 Å². The van der Waals surface area contributed by atoms with Crippen molar-refractivity contribution in [3.63, 3.8) is 0 Å². The van der Waals surface area contributed by atoms with E-state index >= 15 is 0 Å². The molecule has 3 unspecified atom stereocenters. The van der Waals surface area contributed by atoms with Crippen LogP contribution in [-0.4, -0.2) is 33.8 Å². The smallest absolute Gasteiger partial charge is 0.368 e. The molecule has 1 aliphatic carbocycles. The van der Waals surface area contributed by atoms with Gasteiger partial charge in [0.05, 0.1) is 5.56 Å². The summed E-state index contributed by atoms with van der Waals surface area (Å²) in [6, 6.07) is 0.645. The Morgan fingerprint density at radius 3 is 2.67 bits per heavy atom. The van der Waals surface area contributed by atoms with Crippen molar-refractivity contribution in [3.05, 3.63) is 29.6 Å². The Kier molecular flexibility index (Phi) is 2.93. The molecule has 1 aliphatic heterocycles. The second kappa shape index (κ2) is 4.44. The number of fused-ring (bicyclic) bond motifs is 1. The van der Waals surface area contributed by atoms with Crippen molar-refractivity contribution in [2.45, 2.75) is 31.1 Å². The standard InChI is InChI=1S/C13H12F3N3O2/c14-13(15,16)7-1-2-18-8(5-7)12(21)19-9-3-6(9)4-10(19)11(17)20/h1-2,5-6,9-10H,3-4H2,(H2,17,20). The van der Waals surface area contributed by atoms with E-state index in [9.17, 15) is 22.8 Å². The van der Waals surface area contributed by atoms with Crippen LogP contribution in [-0.2, 0) is 11.0 Å². The Balaban J connectivity index is 1.90. The fourth-order valence-electron chi connectivity index (χ4n) is 2.86. The van der Waals surface area contributed by atoms with E-state index < -0.39 is 29.6 Å². The van der Waals surface area contributed by atoms with Gasteiger partial charge in [-0.2, -0.15) is 13.2 Å². The van der Waals surface area contributed by atoms with E-state index in [2.05, 4.69) is 4.98 Å². The molecule has 112 valence electrons. The number of pyridine rings is 1. The van der Waals surface area contributed by atoms with Gasteiger partial charge in [-0.1, -0.05) is 0 Å². The number of nitrogens with two attached hydrogens (primary N) is 1. The van der Waals surface area contributed by atoms with Gasteiger partial charge in [0.2, 0.25) is 5.91 Å². The number of aromatic nitrogens is 1. The molecular formula is C13H12F3N3O2. The van der Waals surface area contributed by atoms with Crippen molar-refractivity contribution in [2.75, 3.05) is 0 Å². The lowest BCUT2D eigenvalue weighted by Gasteiger charge is -2.25. The number of hydrogen-bond donors (Lipinski definition) is 1. The molecule has 1 aromatic heterocycles. The van der Waals surface area contributed by atoms with Gasteiger partial charge in [-0.3, -0.25) is 14.6 Å². The van der Waals surface area contributed by atoms with E-state index in [0.717, 1.165) is 18.7 Å². The van der Waals surface area contributed by atoms with Crippen molar-refractivity contribution in [1.29, 1.82) is 0 Å². The molecule has 5 nitrogen and oxygen atoms in total. The Bertz CT molecular complexity index is 617. The summed E-state index contributed by atoms with van der Waals surface area (Å²) < 4.78 is 38.0. The number of primary amides is 1. The summed E-state index contributed by atoms with van der Waals surface area (Å²) in [5, 5.41) is 0. The first-order valence-corrected chi connectivity index (χ1v) is 6.44. The average molecular weight is 299 g/mol. The van der Waals surface area contributed by atoms with Crippen LogP contribution in [0, 0.1) is 5.92 Å². The molecule has 2 amide bonds. The van der Waals surface area contributed by atoms with Crippen LogP contribution >= 0.6 is 0 Å². The number of halogens is 3. The molecule has 0 radical (unpaired) electrons. The van der Waals surface area contributed by atoms with Gasteiger partial charge in [-0.25, -0.2) is 0 Å². The molecule has 8 heteroatoms. The van der Waals surface area contributed by atoms with Crippen LogP contribution in [0.2, 0.25) is 0 Å². The number of piperidine rings is 1. The Morgan fingerprint density at radius 2 is 2.05 bits per heavy atom. The molecule has 2 aliphatic rings. The van der Waals surface area contributed by atoms with E-state index in [1.807, 2.05) is 0 Å². The van der Waals surface area contributed by atoms with Gasteiger partial charge >= 0.3 is 6.18 Å². The number of carbonyl (C=O) groups excluding carboxylic acids is 2. The molecule has 1 aromatic rings. The second-order valence-corrected chi connectivity index (χ2v) is 5.36. The van der Waals surface area contributed by atoms with E-state index in [1.165, 1.54) is 4.90 Å². The van der Waals surface area contributed by atoms with Gasteiger partial charge in [0.25, 0.3) is 5.91 Å². The minimum atomic E-state index is -4.55. The maximum Gasteiger partial charge on any atom is 0.416 e. The first-order valence-electron chi connectivity index (χ1n) is 6.44. The second-order valence-electron chi connectivity index (χ2n) is 5.36. The lowest BCUT2D eigenvalue weighted by atomic mass is 10.1. The zero-order valence-electron chi connectivity index (χ0n) is 10.8. The quantitative estimate of drug-likeness (QED) is 0.891. The topological polar surface area (TPSA) is 76.3 Å². The fraction of sp³-hybridized carbons (Fsp3) is 0.462. The minimum Gasteiger partial charge on any atom is -0.368 e. The van der Waals surface area contributed by atoms with Crippen molar-refractivity contribution in [1.82, 2.24) is 9.88 Å². The molecule has 3 atom stereocenters. The van der Waals surface area contributed by atoms with E-state index in [0.29, 0.717) is 12.5 Å². The van der Waals surface area contributed by atoms with Crippen molar-refractivity contribution in [3.8, 4) is 0 Å². The highest BCUT2D eigenvalue weighted by Gasteiger charge is 2.56. The van der Waals surface area contributed by atoms with Crippen LogP contribution in [0.15, 0.2) is 18.3 Å². The van der Waals surface area contributed by atoms with Crippen molar-refractivity contribution < 1.29 is 22.8 Å². The summed E-state index contributed by atoms with van der Waals surface area (Å²) in [6.45, 7) is 0. The molecule has 0 bridgehead atoms. The molecule has 0 aromatic carbocycles. The predicted octanol–water partition coefficient (Wildman–Crippen LogP) is 1.19. The summed E-state index contributed by atoms with van der Waals surface area (Å²) in [4.78, 5) is 28.7. The lowest BCUT2D eigenvalue weighted by molar-refractivity contribution is -0.137. The highest BCUT2D eigenvalue weighted by Crippen LogP contribution is 2.48. The molecule has 0 spiro atoms. The number of rotatable bonds is 2. The predicted molar refractivity (Wildman–Crippen MR) is 64.9 cm³/mol. The molecule has 2 heterocycles. The first-order chi connectivity index (χ1) is 9.79. The first kappa shape index (κ1) is 13.8. The maximum atomic E-state index is 12.7. The van der Waals surface area contributed by atoms with Gasteiger partial charge < -0.3 is 10.6 Å². The van der Waals surface area contributed by atoms with Crippen LogP contribution in [0.3, 0.4) is 0 Å². The van der Waals surface area contributed by atoms with Crippen LogP contribution in [0.5, 0.6) is 0 Å². The largest absolute Gasteiger partial charge is 0.416 e. The normalized spacial score (nSPS) is 27.4. The van der Waals surface area contributed by atoms with Crippen LogP contribution in [0.25, 0.3) is 0 Å². The molecular weight excluding hydrogens is 287 g/mol. The van der Waals surface area contributed by atoms with Crippen LogP contribution in [0.4, 0.5) is 13.2 Å². The molecule has 1 saturated heterocycles. The summed E-state index contributed by atoms with van der Waals surface area (Å²) >= 11 is 0. The number of amides is 2. The third kappa shape index (κ3) is 2.34. The summed E-state index contributed by atoms with van der Waals surface area (Å²) in [5.41, 5.74) is 3.99. The Hall–Kier alpha value is -2.12. The van der Waals surface area contributed by atoms with E-state index in [-0.39, 0.29) is 17.7 Å². The number of carbonyl (C=O) groups is 2. The molecule has 2 N–H and O–H groups in total. The SMILES string of the molecule is NC(=O)C1CC2CC2N1C(=O)c1cc(C(F)(F)F)ccn1. The monoisotopic (exact) mass is 299 g/mol. The third-order valence-corrected chi connectivity index (χ3v) is 3.97. The number of nitrogens with zero attached hydrogens (tertiary/aromatic N) is 2. The lowest BCUT2D eigenvalue weighted by Crippen LogP contribution is -2.46. The highest BCUT2D eigenvalue weighted by atomic mass is 19.4. The minimum absolute atomic E-state index is 0.105. The zero-order valence-corrected chi connectivity index (χ0v) is 10.8. The molecule has 21 heavy (non-hydrogen) atoms. The van der Waals surface area contributed by atoms with Crippen molar-refractivity contribution in [2.24, 2.45) is 11.7 Å². The number of hydrogen-bond acceptors (Lipinski definition) is 3. The van der Waals surface area contributed by atoms with Gasteiger partial charge in [-0.15, -0.1) is 0 Å². The Labute approximate surface area is 117 Å².